The van der Waals surface area contributed by atoms with Gasteiger partial charge in [-0.15, -0.1) is 0 Å². The molecular weight excluding hydrogens is 228 g/mol. The van der Waals surface area contributed by atoms with Crippen LogP contribution in [0.25, 0.3) is 6.08 Å². The number of carbonyl (C=O) groups excluding carboxylic acids is 1. The van der Waals surface area contributed by atoms with E-state index in [1.54, 1.807) is 42.5 Å². The Morgan fingerprint density at radius 1 is 0.944 bits per heavy atom. The fourth-order valence-electron chi connectivity index (χ4n) is 1.56. The van der Waals surface area contributed by atoms with Gasteiger partial charge in [-0.25, -0.2) is 0 Å². The van der Waals surface area contributed by atoms with Crippen molar-refractivity contribution < 1.29 is 15.0 Å². The summed E-state index contributed by atoms with van der Waals surface area (Å²) >= 11 is 0. The monoisotopic (exact) mass is 240 g/mol. The zero-order valence-electron chi connectivity index (χ0n) is 9.58. The van der Waals surface area contributed by atoms with E-state index in [0.717, 1.165) is 5.56 Å². The molecule has 0 aliphatic carbocycles. The summed E-state index contributed by atoms with van der Waals surface area (Å²) in [4.78, 5) is 11.8. The van der Waals surface area contributed by atoms with E-state index in [4.69, 9.17) is 0 Å². The van der Waals surface area contributed by atoms with Gasteiger partial charge in [-0.1, -0.05) is 30.3 Å². The normalized spacial score (nSPS) is 10.7. The minimum absolute atomic E-state index is 0.0617. The summed E-state index contributed by atoms with van der Waals surface area (Å²) in [6.45, 7) is 0. The predicted octanol–water partition coefficient (Wildman–Crippen LogP) is 2.99. The number of phenols is 2. The molecule has 0 atom stereocenters. The van der Waals surface area contributed by atoms with Crippen LogP contribution in [0.5, 0.6) is 11.5 Å². The lowest BCUT2D eigenvalue weighted by Crippen LogP contribution is -1.93. The van der Waals surface area contributed by atoms with Crippen molar-refractivity contribution in [1.82, 2.24) is 0 Å². The van der Waals surface area contributed by atoms with Crippen LogP contribution in [-0.2, 0) is 0 Å². The molecule has 2 aromatic carbocycles. The molecule has 0 saturated heterocycles. The standard InChI is InChI=1S/C15H12O3/c16-13-5-1-3-11(9-13)7-8-15(18)12-4-2-6-14(17)10-12/h1-10,16-17H. The van der Waals surface area contributed by atoms with Crippen molar-refractivity contribution in [3.8, 4) is 11.5 Å². The lowest BCUT2D eigenvalue weighted by Gasteiger charge is -1.97. The Bertz CT molecular complexity index is 600. The van der Waals surface area contributed by atoms with Crippen LogP contribution in [0.1, 0.15) is 15.9 Å². The van der Waals surface area contributed by atoms with Crippen molar-refractivity contribution in [2.75, 3.05) is 0 Å². The molecule has 0 unspecified atom stereocenters. The van der Waals surface area contributed by atoms with Gasteiger partial charge in [0.15, 0.2) is 5.78 Å². The van der Waals surface area contributed by atoms with Gasteiger partial charge in [-0.2, -0.15) is 0 Å². The molecule has 2 rings (SSSR count). The molecule has 2 N–H and O–H groups in total. The van der Waals surface area contributed by atoms with Crippen molar-refractivity contribution in [1.29, 1.82) is 0 Å². The topological polar surface area (TPSA) is 57.5 Å². The van der Waals surface area contributed by atoms with Crippen molar-refractivity contribution in [3.63, 3.8) is 0 Å². The zero-order valence-corrected chi connectivity index (χ0v) is 9.58. The van der Waals surface area contributed by atoms with Crippen LogP contribution in [-0.4, -0.2) is 16.0 Å². The third-order valence-corrected chi connectivity index (χ3v) is 2.43. The second kappa shape index (κ2) is 5.19. The molecule has 0 saturated carbocycles. The maximum atomic E-state index is 11.8. The number of benzene rings is 2. The quantitative estimate of drug-likeness (QED) is 0.640. The second-order valence-electron chi connectivity index (χ2n) is 3.84. The Morgan fingerprint density at radius 3 is 2.28 bits per heavy atom. The highest BCUT2D eigenvalue weighted by Crippen LogP contribution is 2.14. The average Bonchev–Trinajstić information content (AvgIpc) is 2.36. The molecule has 0 fully saturated rings. The second-order valence-corrected chi connectivity index (χ2v) is 3.84. The van der Waals surface area contributed by atoms with Crippen LogP contribution in [0.3, 0.4) is 0 Å². The first-order valence-corrected chi connectivity index (χ1v) is 5.45. The fraction of sp³-hybridized carbons (Fsp3) is 0. The fourth-order valence-corrected chi connectivity index (χ4v) is 1.56. The van der Waals surface area contributed by atoms with E-state index in [2.05, 4.69) is 0 Å². The molecule has 0 aliphatic heterocycles. The van der Waals surface area contributed by atoms with Gasteiger partial charge < -0.3 is 10.2 Å². The third kappa shape index (κ3) is 2.98. The largest absolute Gasteiger partial charge is 0.508 e. The molecule has 0 amide bonds. The summed E-state index contributed by atoms with van der Waals surface area (Å²) < 4.78 is 0. The van der Waals surface area contributed by atoms with Gasteiger partial charge in [0.05, 0.1) is 0 Å². The Labute approximate surface area is 105 Å². The lowest BCUT2D eigenvalue weighted by molar-refractivity contribution is 0.104. The number of hydrogen-bond acceptors (Lipinski definition) is 3. The number of aromatic hydroxyl groups is 2. The van der Waals surface area contributed by atoms with E-state index in [1.807, 2.05) is 0 Å². The molecule has 3 nitrogen and oxygen atoms in total. The number of ketones is 1. The molecule has 0 aromatic heterocycles. The molecular formula is C15H12O3. The summed E-state index contributed by atoms with van der Waals surface area (Å²) in [6.07, 6.45) is 3.02. The van der Waals surface area contributed by atoms with Gasteiger partial charge in [0.1, 0.15) is 11.5 Å². The van der Waals surface area contributed by atoms with Crippen LogP contribution >= 0.6 is 0 Å². The van der Waals surface area contributed by atoms with Crippen molar-refractivity contribution in [2.45, 2.75) is 0 Å². The molecule has 90 valence electrons. The van der Waals surface area contributed by atoms with E-state index in [0.29, 0.717) is 5.56 Å². The first-order valence-electron chi connectivity index (χ1n) is 5.45. The van der Waals surface area contributed by atoms with E-state index in [1.165, 1.54) is 18.2 Å². The van der Waals surface area contributed by atoms with Crippen molar-refractivity contribution in [2.24, 2.45) is 0 Å². The predicted molar refractivity (Wildman–Crippen MR) is 69.6 cm³/mol. The van der Waals surface area contributed by atoms with Crippen molar-refractivity contribution >= 4 is 11.9 Å². The van der Waals surface area contributed by atoms with E-state index < -0.39 is 0 Å². The minimum atomic E-state index is -0.200. The Kier molecular flexibility index (Phi) is 3.44. The van der Waals surface area contributed by atoms with Gasteiger partial charge >= 0.3 is 0 Å². The van der Waals surface area contributed by atoms with Gasteiger partial charge in [0.2, 0.25) is 0 Å². The van der Waals surface area contributed by atoms with Crippen LogP contribution in [0.4, 0.5) is 0 Å². The molecule has 0 spiro atoms. The summed E-state index contributed by atoms with van der Waals surface area (Å²) in [7, 11) is 0. The highest BCUT2D eigenvalue weighted by Gasteiger charge is 2.02. The first kappa shape index (κ1) is 11.9. The Balaban J connectivity index is 2.17. The third-order valence-electron chi connectivity index (χ3n) is 2.43. The molecule has 0 radical (unpaired) electrons. The highest BCUT2D eigenvalue weighted by atomic mass is 16.3. The maximum absolute atomic E-state index is 11.8. The van der Waals surface area contributed by atoms with E-state index >= 15 is 0 Å². The smallest absolute Gasteiger partial charge is 0.185 e. The van der Waals surface area contributed by atoms with Gasteiger partial charge in [0, 0.05) is 5.56 Å². The average molecular weight is 240 g/mol. The number of hydrogen-bond donors (Lipinski definition) is 2. The number of rotatable bonds is 3. The molecule has 0 bridgehead atoms. The molecule has 18 heavy (non-hydrogen) atoms. The number of allylic oxidation sites excluding steroid dienone is 1. The molecule has 0 aliphatic rings. The number of carbonyl (C=O) groups is 1. The molecule has 3 heteroatoms. The molecule has 0 heterocycles. The Hall–Kier alpha value is -2.55. The van der Waals surface area contributed by atoms with Gasteiger partial charge in [-0.05, 0) is 35.9 Å². The highest BCUT2D eigenvalue weighted by molar-refractivity contribution is 6.07. The zero-order chi connectivity index (χ0) is 13.0. The summed E-state index contributed by atoms with van der Waals surface area (Å²) in [5.41, 5.74) is 1.16. The SMILES string of the molecule is O=C(C=Cc1cccc(O)c1)c1cccc(O)c1. The summed E-state index contributed by atoms with van der Waals surface area (Å²) in [5.74, 6) is 0.0165. The Morgan fingerprint density at radius 2 is 1.61 bits per heavy atom. The van der Waals surface area contributed by atoms with E-state index in [9.17, 15) is 15.0 Å². The maximum Gasteiger partial charge on any atom is 0.185 e. The van der Waals surface area contributed by atoms with Crippen LogP contribution in [0.2, 0.25) is 0 Å². The van der Waals surface area contributed by atoms with Crippen molar-refractivity contribution in [3.05, 3.63) is 65.7 Å². The van der Waals surface area contributed by atoms with E-state index in [-0.39, 0.29) is 17.3 Å². The van der Waals surface area contributed by atoms with Gasteiger partial charge in [-0.3, -0.25) is 4.79 Å². The van der Waals surface area contributed by atoms with Gasteiger partial charge in [0.25, 0.3) is 0 Å². The lowest BCUT2D eigenvalue weighted by atomic mass is 10.1. The van der Waals surface area contributed by atoms with Crippen LogP contribution in [0.15, 0.2) is 54.6 Å². The van der Waals surface area contributed by atoms with Crippen LogP contribution < -0.4 is 0 Å². The number of phenolic OH excluding ortho intramolecular Hbond substituents is 2. The first-order chi connectivity index (χ1) is 8.65. The van der Waals surface area contributed by atoms with Crippen LogP contribution in [0, 0.1) is 0 Å². The minimum Gasteiger partial charge on any atom is -0.508 e. The molecule has 2 aromatic rings. The summed E-state index contributed by atoms with van der Waals surface area (Å²) in [6, 6.07) is 12.8. The summed E-state index contributed by atoms with van der Waals surface area (Å²) in [5, 5.41) is 18.6.